The van der Waals surface area contributed by atoms with E-state index in [2.05, 4.69) is 54.6 Å². The fraction of sp³-hybridized carbons (Fsp3) is 0.357. The zero-order valence-corrected chi connectivity index (χ0v) is 31.6. The van der Waals surface area contributed by atoms with E-state index < -0.39 is 8.07 Å². The highest BCUT2D eigenvalue weighted by Gasteiger charge is 2.47. The molecule has 270 valence electrons. The minimum atomic E-state index is -2.24. The third-order valence-electron chi connectivity index (χ3n) is 11.3. The van der Waals surface area contributed by atoms with Crippen molar-refractivity contribution in [2.45, 2.75) is 69.5 Å². The Hall–Kier alpha value is -4.77. The first kappa shape index (κ1) is 35.6. The van der Waals surface area contributed by atoms with Crippen molar-refractivity contribution < 1.29 is 24.1 Å². The molecule has 1 amide bonds. The zero-order valence-electron chi connectivity index (χ0n) is 30.6. The highest BCUT2D eigenvalue weighted by molar-refractivity contribution is 6.91. The van der Waals surface area contributed by atoms with Gasteiger partial charge in [0, 0.05) is 43.4 Å². The van der Waals surface area contributed by atoms with E-state index in [0.717, 1.165) is 52.5 Å². The fourth-order valence-electron chi connectivity index (χ4n) is 8.29. The summed E-state index contributed by atoms with van der Waals surface area (Å²) >= 11 is 0. The Balaban J connectivity index is 1.21. The number of anilines is 2. The van der Waals surface area contributed by atoms with Gasteiger partial charge in [0.2, 0.25) is 5.91 Å². The van der Waals surface area contributed by atoms with Crippen LogP contribution in [-0.2, 0) is 22.5 Å². The standard InChI is InChI=1S/C42H48N4O5Si/c1-28-41(50-3)34-25-31(46-37-14-10-9-13-30(37)15-22-40(46)48)16-21-38(34)51-42(28)39(52(4,5)33-19-17-32(49-2)18-20-33)23-24-45-26-36(43-44-45)35(27-47)29-11-7-6-8-12-29/h6-14,16-21,25-26,28,35,39,41-42,47H,15,22-24,27H2,1-5H3/t28-,35?,39?,41-,42-/m1/s1. The second kappa shape index (κ2) is 15.1. The summed E-state index contributed by atoms with van der Waals surface area (Å²) in [6.07, 6.45) is 3.61. The highest BCUT2D eigenvalue weighted by Crippen LogP contribution is 2.49. The van der Waals surface area contributed by atoms with Crippen LogP contribution in [0.5, 0.6) is 11.5 Å². The van der Waals surface area contributed by atoms with E-state index in [1.165, 1.54) is 10.8 Å². The molecule has 5 aromatic rings. The van der Waals surface area contributed by atoms with E-state index in [0.29, 0.717) is 13.0 Å². The van der Waals surface area contributed by atoms with Gasteiger partial charge in [-0.05, 0) is 65.9 Å². The lowest BCUT2D eigenvalue weighted by molar-refractivity contribution is -0.118. The molecule has 0 radical (unpaired) electrons. The third-order valence-corrected chi connectivity index (χ3v) is 15.6. The smallest absolute Gasteiger partial charge is 0.231 e. The van der Waals surface area contributed by atoms with E-state index in [4.69, 9.17) is 14.2 Å². The molecule has 9 nitrogen and oxygen atoms in total. The first-order valence-corrected chi connectivity index (χ1v) is 21.3. The summed E-state index contributed by atoms with van der Waals surface area (Å²) in [5, 5.41) is 20.6. The number of carbonyl (C=O) groups is 1. The number of aryl methyl sites for hydroxylation is 2. The van der Waals surface area contributed by atoms with Crippen molar-refractivity contribution in [3.05, 3.63) is 126 Å². The molecule has 2 aliphatic heterocycles. The minimum Gasteiger partial charge on any atom is -0.497 e. The van der Waals surface area contributed by atoms with Crippen molar-refractivity contribution in [2.75, 3.05) is 25.7 Å². The number of carbonyl (C=O) groups excluding carboxylic acids is 1. The second-order valence-electron chi connectivity index (χ2n) is 14.6. The number of rotatable bonds is 12. The van der Waals surface area contributed by atoms with E-state index in [9.17, 15) is 9.90 Å². The van der Waals surface area contributed by atoms with Crippen molar-refractivity contribution in [3.63, 3.8) is 0 Å². The molecule has 3 heterocycles. The number of amides is 1. The number of hydrogen-bond acceptors (Lipinski definition) is 7. The molecule has 0 saturated carbocycles. The maximum absolute atomic E-state index is 13.3. The Labute approximate surface area is 307 Å². The maximum Gasteiger partial charge on any atom is 0.231 e. The van der Waals surface area contributed by atoms with E-state index in [-0.39, 0.29) is 42.1 Å². The SMILES string of the molecule is COc1ccc([Si](C)(C)C(CCn2cc(C(CO)c3ccccc3)nn2)[C@@H]2Oc3ccc(N4C(=O)CCc5ccccc54)cc3[C@H](OC)[C@H]2C)cc1. The Kier molecular flexibility index (Phi) is 10.3. The summed E-state index contributed by atoms with van der Waals surface area (Å²) < 4.78 is 20.8. The lowest BCUT2D eigenvalue weighted by atomic mass is 9.86. The monoisotopic (exact) mass is 716 g/mol. The molecular weight excluding hydrogens is 669 g/mol. The number of aliphatic hydroxyl groups excluding tert-OH is 1. The molecule has 0 fully saturated rings. The lowest BCUT2D eigenvalue weighted by Gasteiger charge is -2.46. The minimum absolute atomic E-state index is 0.00951. The molecule has 2 aliphatic rings. The van der Waals surface area contributed by atoms with Crippen molar-refractivity contribution in [3.8, 4) is 11.5 Å². The number of methoxy groups -OCH3 is 2. The van der Waals surface area contributed by atoms with E-state index in [1.54, 1.807) is 14.2 Å². The summed E-state index contributed by atoms with van der Waals surface area (Å²) in [6, 6.07) is 32.7. The van der Waals surface area contributed by atoms with Crippen LogP contribution in [0.15, 0.2) is 103 Å². The first-order valence-electron chi connectivity index (χ1n) is 18.2. The van der Waals surface area contributed by atoms with Gasteiger partial charge in [-0.2, -0.15) is 0 Å². The number of aliphatic hydroxyl groups is 1. The van der Waals surface area contributed by atoms with Gasteiger partial charge in [-0.25, -0.2) is 0 Å². The van der Waals surface area contributed by atoms with Gasteiger partial charge in [-0.3, -0.25) is 14.4 Å². The molecule has 0 aliphatic carbocycles. The summed E-state index contributed by atoms with van der Waals surface area (Å²) in [7, 11) is 1.22. The Morgan fingerprint density at radius 2 is 1.71 bits per heavy atom. The predicted octanol–water partition coefficient (Wildman–Crippen LogP) is 7.18. The maximum atomic E-state index is 13.3. The van der Waals surface area contributed by atoms with Crippen LogP contribution in [0.1, 0.15) is 54.2 Å². The van der Waals surface area contributed by atoms with Gasteiger partial charge in [0.1, 0.15) is 17.6 Å². The molecule has 1 aromatic heterocycles. The number of ether oxygens (including phenoxy) is 3. The van der Waals surface area contributed by atoms with Gasteiger partial charge < -0.3 is 19.3 Å². The third kappa shape index (κ3) is 6.78. The van der Waals surface area contributed by atoms with Crippen LogP contribution in [0.2, 0.25) is 18.6 Å². The average molecular weight is 717 g/mol. The number of nitrogens with zero attached hydrogens (tertiary/aromatic N) is 4. The van der Waals surface area contributed by atoms with Crippen LogP contribution < -0.4 is 19.6 Å². The van der Waals surface area contributed by atoms with Crippen molar-refractivity contribution >= 4 is 30.5 Å². The number of fused-ring (bicyclic) bond motifs is 2. The lowest BCUT2D eigenvalue weighted by Crippen LogP contribution is -2.54. The summed E-state index contributed by atoms with van der Waals surface area (Å²) in [5.41, 5.74) is 5.81. The van der Waals surface area contributed by atoms with Gasteiger partial charge in [0.05, 0.1) is 45.2 Å². The summed E-state index contributed by atoms with van der Waals surface area (Å²) in [6.45, 7) is 7.65. The number of para-hydroxylation sites is 1. The normalized spacial score (nSPS) is 19.7. The van der Waals surface area contributed by atoms with Crippen LogP contribution in [-0.4, -0.2) is 61.0 Å². The molecule has 0 spiro atoms. The average Bonchev–Trinajstić information content (AvgIpc) is 3.64. The van der Waals surface area contributed by atoms with Crippen LogP contribution in [0, 0.1) is 5.92 Å². The van der Waals surface area contributed by atoms with E-state index >= 15 is 0 Å². The Morgan fingerprint density at radius 1 is 0.962 bits per heavy atom. The molecular formula is C42H48N4O5Si. The van der Waals surface area contributed by atoms with Crippen molar-refractivity contribution in [1.29, 1.82) is 0 Å². The van der Waals surface area contributed by atoms with E-state index in [1.807, 2.05) is 88.6 Å². The van der Waals surface area contributed by atoms with Crippen LogP contribution >= 0.6 is 0 Å². The quantitative estimate of drug-likeness (QED) is 0.137. The largest absolute Gasteiger partial charge is 0.497 e. The summed E-state index contributed by atoms with van der Waals surface area (Å²) in [4.78, 5) is 15.2. The molecule has 0 bridgehead atoms. The highest BCUT2D eigenvalue weighted by atomic mass is 28.3. The molecule has 5 atom stereocenters. The molecule has 0 saturated heterocycles. The number of hydrogen-bond donors (Lipinski definition) is 1. The predicted molar refractivity (Wildman–Crippen MR) is 206 cm³/mol. The first-order chi connectivity index (χ1) is 25.2. The second-order valence-corrected chi connectivity index (χ2v) is 19.3. The van der Waals surface area contributed by atoms with Gasteiger partial charge in [-0.1, -0.05) is 91.1 Å². The van der Waals surface area contributed by atoms with Crippen LogP contribution in [0.4, 0.5) is 11.4 Å². The topological polar surface area (TPSA) is 98.9 Å². The van der Waals surface area contributed by atoms with Crippen molar-refractivity contribution in [2.24, 2.45) is 5.92 Å². The Bertz CT molecular complexity index is 2000. The number of benzene rings is 4. The molecule has 52 heavy (non-hydrogen) atoms. The molecule has 2 unspecified atom stereocenters. The van der Waals surface area contributed by atoms with Gasteiger partial charge in [-0.15, -0.1) is 5.10 Å². The molecule has 1 N–H and O–H groups in total. The molecule has 10 heteroatoms. The summed E-state index contributed by atoms with van der Waals surface area (Å²) in [5.74, 6) is 1.48. The van der Waals surface area contributed by atoms with Crippen LogP contribution in [0.25, 0.3) is 0 Å². The Morgan fingerprint density at radius 3 is 2.44 bits per heavy atom. The molecule has 7 rings (SSSR count). The van der Waals surface area contributed by atoms with Crippen LogP contribution in [0.3, 0.4) is 0 Å². The molecule has 4 aromatic carbocycles. The van der Waals surface area contributed by atoms with Crippen molar-refractivity contribution in [1.82, 2.24) is 15.0 Å². The van der Waals surface area contributed by atoms with Gasteiger partial charge in [0.15, 0.2) is 0 Å². The fourth-order valence-corrected chi connectivity index (χ4v) is 11.8. The van der Waals surface area contributed by atoms with Gasteiger partial charge in [0.25, 0.3) is 0 Å². The van der Waals surface area contributed by atoms with Gasteiger partial charge >= 0.3 is 0 Å². The number of aromatic nitrogens is 3. The zero-order chi connectivity index (χ0) is 36.4.